The maximum atomic E-state index is 12.4. The van der Waals surface area contributed by atoms with Gasteiger partial charge in [0.15, 0.2) is 5.16 Å². The van der Waals surface area contributed by atoms with E-state index in [0.29, 0.717) is 0 Å². The van der Waals surface area contributed by atoms with E-state index in [0.717, 1.165) is 0 Å². The molecule has 0 aromatic carbocycles. The summed E-state index contributed by atoms with van der Waals surface area (Å²) in [6.45, 7) is 8.80. The van der Waals surface area contributed by atoms with Crippen LogP contribution in [0, 0.1) is 0 Å². The molecule has 0 amide bonds. The number of rotatable bonds is 7. The SMILES string of the molecule is CCO[13C](=O)C(C)(C)P(=O)(OCC)OCC. The van der Waals surface area contributed by atoms with E-state index in [1.54, 1.807) is 20.8 Å². The molecule has 96 valence electrons. The lowest BCUT2D eigenvalue weighted by molar-refractivity contribution is -0.146. The van der Waals surface area contributed by atoms with Gasteiger partial charge in [0.25, 0.3) is 0 Å². The normalized spacial score (nSPS) is 12.6. The molecule has 0 aliphatic rings. The molecule has 0 fully saturated rings. The van der Waals surface area contributed by atoms with Gasteiger partial charge in [-0.05, 0) is 34.6 Å². The Balaban J connectivity index is 5.02. The predicted molar refractivity (Wildman–Crippen MR) is 61.6 cm³/mol. The van der Waals surface area contributed by atoms with E-state index in [4.69, 9.17) is 13.8 Å². The van der Waals surface area contributed by atoms with Gasteiger partial charge >= 0.3 is 13.6 Å². The Labute approximate surface area is 97.0 Å². The average Bonchev–Trinajstić information content (AvgIpc) is 2.18. The van der Waals surface area contributed by atoms with Crippen LogP contribution in [0.1, 0.15) is 34.6 Å². The van der Waals surface area contributed by atoms with Gasteiger partial charge in [-0.25, -0.2) is 0 Å². The summed E-state index contributed by atoms with van der Waals surface area (Å²) in [6, 6.07) is 0. The van der Waals surface area contributed by atoms with E-state index in [-0.39, 0.29) is 19.8 Å². The topological polar surface area (TPSA) is 61.8 Å². The van der Waals surface area contributed by atoms with Crippen molar-refractivity contribution < 1.29 is 23.1 Å². The van der Waals surface area contributed by atoms with Gasteiger partial charge in [-0.3, -0.25) is 9.36 Å². The third-order valence-corrected chi connectivity index (χ3v) is 4.81. The van der Waals surface area contributed by atoms with Crippen LogP contribution in [0.2, 0.25) is 0 Å². The molecule has 6 heteroatoms. The van der Waals surface area contributed by atoms with E-state index in [1.807, 2.05) is 0 Å². The molecule has 0 radical (unpaired) electrons. The van der Waals surface area contributed by atoms with Crippen molar-refractivity contribution in [2.24, 2.45) is 0 Å². The van der Waals surface area contributed by atoms with Crippen molar-refractivity contribution in [3.63, 3.8) is 0 Å². The highest BCUT2D eigenvalue weighted by atomic mass is 31.2. The molecule has 5 nitrogen and oxygen atoms in total. The molecule has 0 atom stereocenters. The van der Waals surface area contributed by atoms with Gasteiger partial charge in [0.2, 0.25) is 0 Å². The van der Waals surface area contributed by atoms with Gasteiger partial charge in [0.05, 0.1) is 19.8 Å². The molecule has 0 aliphatic carbocycles. The first-order valence-electron chi connectivity index (χ1n) is 5.42. The molecule has 0 heterocycles. The molecule has 0 aliphatic heterocycles. The van der Waals surface area contributed by atoms with Crippen LogP contribution in [0.4, 0.5) is 0 Å². The van der Waals surface area contributed by atoms with E-state index >= 15 is 0 Å². The summed E-state index contributed by atoms with van der Waals surface area (Å²) in [5, 5.41) is -1.28. The minimum atomic E-state index is -3.48. The van der Waals surface area contributed by atoms with Crippen molar-refractivity contribution >= 4 is 13.6 Å². The minimum absolute atomic E-state index is 0.222. The molecule has 16 heavy (non-hydrogen) atoms. The highest BCUT2D eigenvalue weighted by molar-refractivity contribution is 7.56. The zero-order chi connectivity index (χ0) is 12.8. The molecule has 0 saturated carbocycles. The Bertz CT molecular complexity index is 264. The van der Waals surface area contributed by atoms with E-state index in [1.165, 1.54) is 13.8 Å². The zero-order valence-electron chi connectivity index (χ0n) is 10.6. The Morgan fingerprint density at radius 2 is 1.50 bits per heavy atom. The highest BCUT2D eigenvalue weighted by Crippen LogP contribution is 2.60. The van der Waals surface area contributed by atoms with E-state index in [2.05, 4.69) is 0 Å². The summed E-state index contributed by atoms with van der Waals surface area (Å²) in [5.41, 5.74) is 0. The summed E-state index contributed by atoms with van der Waals surface area (Å²) in [4.78, 5) is 11.7. The third kappa shape index (κ3) is 3.30. The maximum Gasteiger partial charge on any atom is 0.347 e. The Kier molecular flexibility index (Phi) is 6.23. The Hall–Kier alpha value is -0.380. The van der Waals surface area contributed by atoms with Crippen molar-refractivity contribution in [3.8, 4) is 0 Å². The van der Waals surface area contributed by atoms with Crippen LogP contribution in [0.3, 0.4) is 0 Å². The van der Waals surface area contributed by atoms with Crippen LogP contribution in [-0.2, 0) is 23.1 Å². The van der Waals surface area contributed by atoms with E-state index in [9.17, 15) is 9.36 Å². The fraction of sp³-hybridized carbons (Fsp3) is 0.900. The maximum absolute atomic E-state index is 12.4. The fourth-order valence-electron chi connectivity index (χ4n) is 1.12. The molecular formula is C10H21O5P. The number of ether oxygens (including phenoxy) is 1. The second kappa shape index (κ2) is 6.38. The molecule has 0 bridgehead atoms. The van der Waals surface area contributed by atoms with Crippen molar-refractivity contribution in [1.29, 1.82) is 0 Å². The lowest BCUT2D eigenvalue weighted by Crippen LogP contribution is -2.35. The second-order valence-electron chi connectivity index (χ2n) is 3.61. The van der Waals surface area contributed by atoms with Gasteiger partial charge in [-0.15, -0.1) is 0 Å². The Morgan fingerprint density at radius 3 is 1.81 bits per heavy atom. The van der Waals surface area contributed by atoms with Crippen molar-refractivity contribution in [3.05, 3.63) is 0 Å². The lowest BCUT2D eigenvalue weighted by atomic mass is 10.3. The van der Waals surface area contributed by atoms with Crippen LogP contribution < -0.4 is 0 Å². The van der Waals surface area contributed by atoms with Crippen LogP contribution in [0.15, 0.2) is 0 Å². The zero-order valence-corrected chi connectivity index (χ0v) is 11.5. The number of esters is 1. The van der Waals surface area contributed by atoms with Gasteiger partial charge in [0.1, 0.15) is 0 Å². The molecule has 0 spiro atoms. The van der Waals surface area contributed by atoms with Gasteiger partial charge in [0, 0.05) is 0 Å². The van der Waals surface area contributed by atoms with Gasteiger partial charge in [-0.1, -0.05) is 0 Å². The fourth-order valence-corrected chi connectivity index (χ4v) is 2.81. The molecule has 0 saturated heterocycles. The van der Waals surface area contributed by atoms with Crippen LogP contribution in [-0.4, -0.2) is 30.9 Å². The smallest absolute Gasteiger partial charge is 0.347 e. The largest absolute Gasteiger partial charge is 0.465 e. The quantitative estimate of drug-likeness (QED) is 0.396. The van der Waals surface area contributed by atoms with Crippen LogP contribution in [0.5, 0.6) is 0 Å². The summed E-state index contributed by atoms with van der Waals surface area (Å²) in [5.74, 6) is -0.569. The van der Waals surface area contributed by atoms with Crippen molar-refractivity contribution in [2.45, 2.75) is 39.8 Å². The average molecular weight is 253 g/mol. The number of carbonyl (C=O) groups excluding carboxylic acids is 1. The lowest BCUT2D eigenvalue weighted by Gasteiger charge is -2.30. The molecule has 0 rings (SSSR count). The van der Waals surface area contributed by atoms with Crippen LogP contribution >= 0.6 is 7.60 Å². The number of hydrogen-bond donors (Lipinski definition) is 0. The summed E-state index contributed by atoms with van der Waals surface area (Å²) < 4.78 is 27.5. The summed E-state index contributed by atoms with van der Waals surface area (Å²) in [6.07, 6.45) is 0. The highest BCUT2D eigenvalue weighted by Gasteiger charge is 2.50. The first-order chi connectivity index (χ1) is 7.35. The van der Waals surface area contributed by atoms with Crippen LogP contribution in [0.25, 0.3) is 0 Å². The standard InChI is InChI=1S/C10H21O5P/c1-6-13-9(11)10(4,5)16(12,14-7-2)15-8-3/h6-8H2,1-5H3/i9+1. The Morgan fingerprint density at radius 1 is 1.06 bits per heavy atom. The number of carbonyl (C=O) groups is 1. The minimum Gasteiger partial charge on any atom is -0.465 e. The molecule has 0 N–H and O–H groups in total. The predicted octanol–water partition coefficient (Wildman–Crippen LogP) is 2.59. The molecule has 0 aromatic rings. The monoisotopic (exact) mass is 253 g/mol. The number of hydrogen-bond acceptors (Lipinski definition) is 5. The molecular weight excluding hydrogens is 232 g/mol. The van der Waals surface area contributed by atoms with Crippen molar-refractivity contribution in [2.75, 3.05) is 19.8 Å². The molecule has 0 unspecified atom stereocenters. The second-order valence-corrected chi connectivity index (χ2v) is 6.24. The summed E-state index contributed by atoms with van der Waals surface area (Å²) >= 11 is 0. The summed E-state index contributed by atoms with van der Waals surface area (Å²) in [7, 11) is -3.48. The van der Waals surface area contributed by atoms with E-state index < -0.39 is 18.7 Å². The van der Waals surface area contributed by atoms with Gasteiger partial charge < -0.3 is 13.8 Å². The first-order valence-corrected chi connectivity index (χ1v) is 6.96. The third-order valence-electron chi connectivity index (χ3n) is 2.06. The first kappa shape index (κ1) is 15.6. The van der Waals surface area contributed by atoms with Gasteiger partial charge in [-0.2, -0.15) is 0 Å². The molecule has 0 aromatic heterocycles. The van der Waals surface area contributed by atoms with Crippen molar-refractivity contribution in [1.82, 2.24) is 0 Å².